The summed E-state index contributed by atoms with van der Waals surface area (Å²) >= 11 is 0. The first kappa shape index (κ1) is 16.9. The van der Waals surface area contributed by atoms with Gasteiger partial charge >= 0.3 is 0 Å². The molecule has 0 radical (unpaired) electrons. The van der Waals surface area contributed by atoms with Crippen LogP contribution >= 0.6 is 0 Å². The maximum atomic E-state index is 15.2. The van der Waals surface area contributed by atoms with E-state index >= 15 is 4.39 Å². The molecule has 0 bridgehead atoms. The second-order valence-corrected chi connectivity index (χ2v) is 5.68. The molecule has 2 heterocycles. The summed E-state index contributed by atoms with van der Waals surface area (Å²) < 4.78 is 42.9. The van der Waals surface area contributed by atoms with Gasteiger partial charge in [-0.2, -0.15) is 0 Å². The average molecular weight is 367 g/mol. The van der Waals surface area contributed by atoms with Crippen LogP contribution < -0.4 is 5.32 Å². The van der Waals surface area contributed by atoms with E-state index in [0.717, 1.165) is 18.2 Å². The molecule has 134 valence electrons. The van der Waals surface area contributed by atoms with E-state index in [1.807, 2.05) is 0 Å². The molecule has 27 heavy (non-hydrogen) atoms. The van der Waals surface area contributed by atoms with E-state index in [4.69, 9.17) is 0 Å². The number of nitrogens with zero attached hydrogens (tertiary/aromatic N) is 4. The number of rotatable bonds is 3. The monoisotopic (exact) mass is 367 g/mol. The van der Waals surface area contributed by atoms with Crippen molar-refractivity contribution in [3.63, 3.8) is 0 Å². The summed E-state index contributed by atoms with van der Waals surface area (Å²) in [6.45, 7) is 0. The van der Waals surface area contributed by atoms with Gasteiger partial charge in [0.25, 0.3) is 0 Å². The zero-order valence-electron chi connectivity index (χ0n) is 14.0. The van der Waals surface area contributed by atoms with Gasteiger partial charge in [-0.1, -0.05) is 6.07 Å². The van der Waals surface area contributed by atoms with E-state index in [1.165, 1.54) is 24.7 Å². The maximum Gasteiger partial charge on any atom is 0.182 e. The summed E-state index contributed by atoms with van der Waals surface area (Å²) in [6.07, 6.45) is 4.42. The highest BCUT2D eigenvalue weighted by Crippen LogP contribution is 2.33. The van der Waals surface area contributed by atoms with E-state index in [9.17, 15) is 8.78 Å². The van der Waals surface area contributed by atoms with Gasteiger partial charge in [-0.15, -0.1) is 0 Å². The van der Waals surface area contributed by atoms with Crippen molar-refractivity contribution in [2.24, 2.45) is 0 Å². The Hall–Kier alpha value is -3.55. The van der Waals surface area contributed by atoms with E-state index < -0.39 is 17.5 Å². The predicted molar refractivity (Wildman–Crippen MR) is 95.4 cm³/mol. The second-order valence-electron chi connectivity index (χ2n) is 5.68. The highest BCUT2D eigenvalue weighted by Gasteiger charge is 2.18. The van der Waals surface area contributed by atoms with E-state index in [1.54, 1.807) is 13.1 Å². The molecule has 4 rings (SSSR count). The van der Waals surface area contributed by atoms with Crippen LogP contribution in [0.2, 0.25) is 0 Å². The van der Waals surface area contributed by atoms with Crippen molar-refractivity contribution in [3.8, 4) is 22.6 Å². The van der Waals surface area contributed by atoms with E-state index in [2.05, 4.69) is 25.3 Å². The molecule has 0 unspecified atom stereocenters. The van der Waals surface area contributed by atoms with Gasteiger partial charge in [0.1, 0.15) is 28.7 Å². The normalized spacial score (nSPS) is 11.0. The molecule has 0 aliphatic rings. The lowest BCUT2D eigenvalue weighted by Gasteiger charge is -2.11. The molecule has 0 saturated heterocycles. The first-order valence-electron chi connectivity index (χ1n) is 7.98. The molecule has 2 aromatic heterocycles. The zero-order valence-corrected chi connectivity index (χ0v) is 14.0. The third-order valence-corrected chi connectivity index (χ3v) is 4.05. The number of anilines is 1. The highest BCUT2D eigenvalue weighted by atomic mass is 19.1. The molecule has 0 spiro atoms. The summed E-state index contributed by atoms with van der Waals surface area (Å²) in [5, 5.41) is 3.29. The van der Waals surface area contributed by atoms with Crippen LogP contribution in [-0.4, -0.2) is 27.0 Å². The Morgan fingerprint density at radius 1 is 0.926 bits per heavy atom. The fraction of sp³-hybridized carbons (Fsp3) is 0.0526. The van der Waals surface area contributed by atoms with E-state index in [0.29, 0.717) is 16.9 Å². The molecule has 1 N–H and O–H groups in total. The Morgan fingerprint density at radius 3 is 2.52 bits per heavy atom. The van der Waals surface area contributed by atoms with Crippen molar-refractivity contribution in [3.05, 3.63) is 66.4 Å². The molecular formula is C19H12F3N5. The molecule has 0 atom stereocenters. The Kier molecular flexibility index (Phi) is 4.15. The van der Waals surface area contributed by atoms with Crippen molar-refractivity contribution in [1.82, 2.24) is 19.9 Å². The molecule has 8 heteroatoms. The van der Waals surface area contributed by atoms with Gasteiger partial charge < -0.3 is 5.32 Å². The molecular weight excluding hydrogens is 355 g/mol. The van der Waals surface area contributed by atoms with Crippen molar-refractivity contribution >= 4 is 16.7 Å². The van der Waals surface area contributed by atoms with Gasteiger partial charge in [-0.05, 0) is 24.3 Å². The largest absolute Gasteiger partial charge is 0.373 e. The fourth-order valence-electron chi connectivity index (χ4n) is 2.79. The average Bonchev–Trinajstić information content (AvgIpc) is 2.70. The van der Waals surface area contributed by atoms with Crippen LogP contribution in [0.3, 0.4) is 0 Å². The zero-order chi connectivity index (χ0) is 19.0. The smallest absolute Gasteiger partial charge is 0.182 e. The number of nitrogens with one attached hydrogen (secondary N) is 1. The van der Waals surface area contributed by atoms with Gasteiger partial charge in [0.05, 0.1) is 6.20 Å². The minimum atomic E-state index is -0.777. The van der Waals surface area contributed by atoms with Crippen LogP contribution in [0.25, 0.3) is 33.5 Å². The Balaban J connectivity index is 2.00. The lowest BCUT2D eigenvalue weighted by atomic mass is 10.0. The molecule has 5 nitrogen and oxygen atoms in total. The van der Waals surface area contributed by atoms with Crippen molar-refractivity contribution in [2.45, 2.75) is 0 Å². The summed E-state index contributed by atoms with van der Waals surface area (Å²) in [7, 11) is 1.64. The lowest BCUT2D eigenvalue weighted by Crippen LogP contribution is -2.02. The SMILES string of the molecule is CNc1nc(-c2cnccn2)nc2c(F)c(-c3cc(F)ccc3F)ccc12. The lowest BCUT2D eigenvalue weighted by molar-refractivity contribution is 0.599. The number of benzene rings is 2. The van der Waals surface area contributed by atoms with Crippen LogP contribution in [0.1, 0.15) is 0 Å². The molecule has 0 fully saturated rings. The van der Waals surface area contributed by atoms with Crippen molar-refractivity contribution < 1.29 is 13.2 Å². The Bertz CT molecular complexity index is 1150. The van der Waals surface area contributed by atoms with Crippen LogP contribution in [0.15, 0.2) is 48.9 Å². The number of halogens is 3. The molecule has 2 aromatic carbocycles. The summed E-state index contributed by atoms with van der Waals surface area (Å²) in [4.78, 5) is 16.7. The van der Waals surface area contributed by atoms with Crippen LogP contribution in [0.5, 0.6) is 0 Å². The number of hydrogen-bond acceptors (Lipinski definition) is 5. The molecule has 0 aliphatic carbocycles. The van der Waals surface area contributed by atoms with Crippen LogP contribution in [0.4, 0.5) is 19.0 Å². The number of aromatic nitrogens is 4. The van der Waals surface area contributed by atoms with Crippen molar-refractivity contribution in [1.29, 1.82) is 0 Å². The molecule has 4 aromatic rings. The van der Waals surface area contributed by atoms with E-state index in [-0.39, 0.29) is 22.5 Å². The minimum absolute atomic E-state index is 0.0313. The molecule has 0 saturated carbocycles. The summed E-state index contributed by atoms with van der Waals surface area (Å²) in [5.41, 5.74) is 0.0548. The topological polar surface area (TPSA) is 63.6 Å². The predicted octanol–water partition coefficient (Wildman–Crippen LogP) is 4.21. The Labute approximate surface area is 152 Å². The van der Waals surface area contributed by atoms with Gasteiger partial charge in [0, 0.05) is 36.0 Å². The van der Waals surface area contributed by atoms with Gasteiger partial charge in [-0.3, -0.25) is 4.98 Å². The first-order valence-corrected chi connectivity index (χ1v) is 7.98. The summed E-state index contributed by atoms with van der Waals surface area (Å²) in [5.74, 6) is -1.63. The number of fused-ring (bicyclic) bond motifs is 1. The third-order valence-electron chi connectivity index (χ3n) is 4.05. The first-order chi connectivity index (χ1) is 13.1. The minimum Gasteiger partial charge on any atom is -0.373 e. The second kappa shape index (κ2) is 6.64. The maximum absolute atomic E-state index is 15.2. The quantitative estimate of drug-likeness (QED) is 0.588. The molecule has 0 amide bonds. The third kappa shape index (κ3) is 2.95. The standard InChI is InChI=1S/C19H12F3N5/c1-23-18-12-4-3-11(13-8-10(20)2-5-14(13)21)16(22)17(12)26-19(27-18)15-9-24-6-7-25-15/h2-9H,1H3,(H,23,26,27). The van der Waals surface area contributed by atoms with Crippen LogP contribution in [-0.2, 0) is 0 Å². The van der Waals surface area contributed by atoms with Crippen LogP contribution in [0, 0.1) is 17.5 Å². The summed E-state index contributed by atoms with van der Waals surface area (Å²) in [6, 6.07) is 5.82. The molecule has 0 aliphatic heterocycles. The highest BCUT2D eigenvalue weighted by molar-refractivity contribution is 5.94. The van der Waals surface area contributed by atoms with Gasteiger partial charge in [0.2, 0.25) is 0 Å². The number of hydrogen-bond donors (Lipinski definition) is 1. The Morgan fingerprint density at radius 2 is 1.78 bits per heavy atom. The van der Waals surface area contributed by atoms with Crippen molar-refractivity contribution in [2.75, 3.05) is 12.4 Å². The fourth-order valence-corrected chi connectivity index (χ4v) is 2.79. The van der Waals surface area contributed by atoms with Gasteiger partial charge in [-0.25, -0.2) is 28.1 Å². The van der Waals surface area contributed by atoms with Gasteiger partial charge in [0.15, 0.2) is 11.6 Å².